The maximum Gasteiger partial charge on any atom is 0.251 e. The lowest BCUT2D eigenvalue weighted by molar-refractivity contribution is -0.134. The number of benzene rings is 2. The third-order valence-electron chi connectivity index (χ3n) is 6.41. The molecule has 2 aromatic rings. The summed E-state index contributed by atoms with van der Waals surface area (Å²) in [5.74, 6) is 0.902. The monoisotopic (exact) mass is 434 g/mol. The molecular weight excluding hydrogens is 404 g/mol. The molecule has 2 aliphatic rings. The number of amides is 2. The van der Waals surface area contributed by atoms with Gasteiger partial charge in [0, 0.05) is 44.5 Å². The van der Waals surface area contributed by atoms with E-state index in [-0.39, 0.29) is 17.6 Å². The minimum atomic E-state index is -0.473. The Bertz CT molecular complexity index is 965. The van der Waals surface area contributed by atoms with Gasteiger partial charge < -0.3 is 15.0 Å². The van der Waals surface area contributed by atoms with Gasteiger partial charge in [-0.25, -0.2) is 0 Å². The van der Waals surface area contributed by atoms with Gasteiger partial charge in [0.05, 0.1) is 12.0 Å². The number of ketones is 1. The van der Waals surface area contributed by atoms with Gasteiger partial charge in [0.15, 0.2) is 5.78 Å². The fourth-order valence-electron chi connectivity index (χ4n) is 4.52. The van der Waals surface area contributed by atoms with Crippen LogP contribution in [0.4, 0.5) is 0 Å². The zero-order valence-corrected chi connectivity index (χ0v) is 18.3. The number of Topliss-reactive ketones (excluding diaryl/α,β-unsaturated/α-hetero) is 1. The molecule has 2 amide bonds. The third-order valence-corrected chi connectivity index (χ3v) is 6.41. The molecule has 6 nitrogen and oxygen atoms in total. The molecule has 0 aliphatic carbocycles. The zero-order chi connectivity index (χ0) is 22.4. The van der Waals surface area contributed by atoms with Crippen LogP contribution in [0, 0.1) is 0 Å². The van der Waals surface area contributed by atoms with Crippen molar-refractivity contribution in [3.8, 4) is 5.75 Å². The summed E-state index contributed by atoms with van der Waals surface area (Å²) in [6.45, 7) is 1.86. The van der Waals surface area contributed by atoms with E-state index in [1.54, 1.807) is 12.1 Å². The molecule has 1 saturated heterocycles. The maximum absolute atomic E-state index is 12.6. The van der Waals surface area contributed by atoms with Crippen LogP contribution in [-0.2, 0) is 4.79 Å². The van der Waals surface area contributed by atoms with Gasteiger partial charge in [-0.3, -0.25) is 14.4 Å². The van der Waals surface area contributed by atoms with Crippen molar-refractivity contribution in [3.05, 3.63) is 65.7 Å². The number of piperidine rings is 1. The summed E-state index contributed by atoms with van der Waals surface area (Å²) in [5, 5.41) is 2.92. The van der Waals surface area contributed by atoms with Crippen LogP contribution in [0.3, 0.4) is 0 Å². The van der Waals surface area contributed by atoms with Gasteiger partial charge in [-0.15, -0.1) is 0 Å². The molecule has 0 radical (unpaired) electrons. The standard InChI is InChI=1S/C26H30N2O4/c29-22-19-26(32-23-12-7-6-11-21(22)23)14-17-28(18-15-26)24(30)13-5-2-8-16-27-25(31)20-9-3-1-4-10-20/h1,3-4,6-7,9-12H,2,5,8,13-19H2,(H,27,31). The number of unbranched alkanes of at least 4 members (excludes halogenated alkanes) is 2. The summed E-state index contributed by atoms with van der Waals surface area (Å²) in [6.07, 6.45) is 4.83. The Hall–Kier alpha value is -3.15. The molecule has 1 N–H and O–H groups in total. The Morgan fingerprint density at radius 1 is 0.938 bits per heavy atom. The number of fused-ring (bicyclic) bond motifs is 1. The minimum Gasteiger partial charge on any atom is -0.486 e. The van der Waals surface area contributed by atoms with E-state index < -0.39 is 5.60 Å². The van der Waals surface area contributed by atoms with Crippen molar-refractivity contribution in [1.29, 1.82) is 0 Å². The number of hydrogen-bond acceptors (Lipinski definition) is 4. The zero-order valence-electron chi connectivity index (χ0n) is 18.3. The van der Waals surface area contributed by atoms with E-state index >= 15 is 0 Å². The molecule has 32 heavy (non-hydrogen) atoms. The van der Waals surface area contributed by atoms with E-state index in [0.29, 0.717) is 62.2 Å². The van der Waals surface area contributed by atoms with Crippen LogP contribution < -0.4 is 10.1 Å². The average Bonchev–Trinajstić information content (AvgIpc) is 2.82. The van der Waals surface area contributed by atoms with E-state index in [1.807, 2.05) is 47.4 Å². The molecule has 4 rings (SSSR count). The van der Waals surface area contributed by atoms with Gasteiger partial charge in [-0.1, -0.05) is 36.8 Å². The highest BCUT2D eigenvalue weighted by atomic mass is 16.5. The van der Waals surface area contributed by atoms with Crippen LogP contribution in [0.5, 0.6) is 5.75 Å². The number of carbonyl (C=O) groups is 3. The van der Waals surface area contributed by atoms with Crippen LogP contribution in [0.25, 0.3) is 0 Å². The van der Waals surface area contributed by atoms with Crippen LogP contribution in [-0.4, -0.2) is 47.7 Å². The lowest BCUT2D eigenvalue weighted by Gasteiger charge is -2.44. The highest BCUT2D eigenvalue weighted by molar-refractivity contribution is 6.00. The Morgan fingerprint density at radius 3 is 2.44 bits per heavy atom. The lowest BCUT2D eigenvalue weighted by atomic mass is 9.82. The van der Waals surface area contributed by atoms with Crippen LogP contribution >= 0.6 is 0 Å². The fraction of sp³-hybridized carbons (Fsp3) is 0.423. The van der Waals surface area contributed by atoms with E-state index in [4.69, 9.17) is 4.74 Å². The largest absolute Gasteiger partial charge is 0.486 e. The quantitative estimate of drug-likeness (QED) is 0.669. The van der Waals surface area contributed by atoms with Crippen molar-refractivity contribution >= 4 is 17.6 Å². The highest BCUT2D eigenvalue weighted by Crippen LogP contribution is 2.39. The number of nitrogens with zero attached hydrogens (tertiary/aromatic N) is 1. The number of para-hydroxylation sites is 1. The van der Waals surface area contributed by atoms with Gasteiger partial charge >= 0.3 is 0 Å². The Balaban J connectivity index is 1.14. The number of carbonyl (C=O) groups excluding carboxylic acids is 3. The summed E-state index contributed by atoms with van der Waals surface area (Å²) in [6, 6.07) is 16.6. The van der Waals surface area contributed by atoms with Gasteiger partial charge in [0.1, 0.15) is 11.4 Å². The predicted octanol–water partition coefficient (Wildman–Crippen LogP) is 4.00. The normalized spacial score (nSPS) is 16.9. The van der Waals surface area contributed by atoms with Crippen LogP contribution in [0.1, 0.15) is 65.7 Å². The van der Waals surface area contributed by atoms with Crippen molar-refractivity contribution in [3.63, 3.8) is 0 Å². The van der Waals surface area contributed by atoms with Crippen molar-refractivity contribution in [1.82, 2.24) is 10.2 Å². The number of hydrogen-bond donors (Lipinski definition) is 1. The molecule has 2 aromatic carbocycles. The molecule has 0 aromatic heterocycles. The summed E-state index contributed by atoms with van der Waals surface area (Å²) < 4.78 is 6.24. The Labute approximate surface area is 188 Å². The first-order valence-corrected chi connectivity index (χ1v) is 11.5. The summed E-state index contributed by atoms with van der Waals surface area (Å²) >= 11 is 0. The van der Waals surface area contributed by atoms with Gasteiger partial charge in [-0.2, -0.15) is 0 Å². The number of ether oxygens (including phenoxy) is 1. The van der Waals surface area contributed by atoms with Crippen LogP contribution in [0.2, 0.25) is 0 Å². The smallest absolute Gasteiger partial charge is 0.251 e. The van der Waals surface area contributed by atoms with Crippen molar-refractivity contribution in [2.45, 2.75) is 50.5 Å². The fourth-order valence-corrected chi connectivity index (χ4v) is 4.52. The molecule has 2 heterocycles. The van der Waals surface area contributed by atoms with Crippen molar-refractivity contribution < 1.29 is 19.1 Å². The minimum absolute atomic E-state index is 0.0602. The molecule has 2 aliphatic heterocycles. The van der Waals surface area contributed by atoms with Gasteiger partial charge in [0.25, 0.3) is 5.91 Å². The summed E-state index contributed by atoms with van der Waals surface area (Å²) in [4.78, 5) is 39.0. The van der Waals surface area contributed by atoms with Gasteiger partial charge in [0.2, 0.25) is 5.91 Å². The summed E-state index contributed by atoms with van der Waals surface area (Å²) in [7, 11) is 0. The second-order valence-corrected chi connectivity index (χ2v) is 8.69. The number of nitrogens with one attached hydrogen (secondary N) is 1. The van der Waals surface area contributed by atoms with Crippen LogP contribution in [0.15, 0.2) is 54.6 Å². The van der Waals surface area contributed by atoms with Gasteiger partial charge in [-0.05, 0) is 37.1 Å². The number of rotatable bonds is 7. The summed E-state index contributed by atoms with van der Waals surface area (Å²) in [5.41, 5.74) is 0.855. The molecule has 0 bridgehead atoms. The molecule has 1 spiro atoms. The number of likely N-dealkylation sites (tertiary alicyclic amines) is 1. The SMILES string of the molecule is O=C(NCCCCCC(=O)N1CCC2(CC1)CC(=O)c1ccccc1O2)c1ccccc1. The van der Waals surface area contributed by atoms with E-state index in [0.717, 1.165) is 19.3 Å². The molecule has 1 fully saturated rings. The molecular formula is C26H30N2O4. The first-order valence-electron chi connectivity index (χ1n) is 11.5. The third kappa shape index (κ3) is 5.18. The second-order valence-electron chi connectivity index (χ2n) is 8.69. The molecule has 168 valence electrons. The first kappa shape index (κ1) is 22.1. The van der Waals surface area contributed by atoms with E-state index in [2.05, 4.69) is 5.32 Å². The van der Waals surface area contributed by atoms with Crippen molar-refractivity contribution in [2.75, 3.05) is 19.6 Å². The molecule has 0 atom stereocenters. The predicted molar refractivity (Wildman–Crippen MR) is 122 cm³/mol. The highest BCUT2D eigenvalue weighted by Gasteiger charge is 2.43. The first-order chi connectivity index (χ1) is 15.6. The topological polar surface area (TPSA) is 75.7 Å². The maximum atomic E-state index is 12.6. The molecule has 6 heteroatoms. The Kier molecular flexibility index (Phi) is 6.88. The lowest BCUT2D eigenvalue weighted by Crippen LogP contribution is -2.52. The Morgan fingerprint density at radius 2 is 1.66 bits per heavy atom. The molecule has 0 unspecified atom stereocenters. The second kappa shape index (κ2) is 9.98. The van der Waals surface area contributed by atoms with E-state index in [1.165, 1.54) is 0 Å². The van der Waals surface area contributed by atoms with Crippen molar-refractivity contribution in [2.24, 2.45) is 0 Å². The molecule has 0 saturated carbocycles. The van der Waals surface area contributed by atoms with E-state index in [9.17, 15) is 14.4 Å². The average molecular weight is 435 g/mol.